The van der Waals surface area contributed by atoms with Crippen LogP contribution in [0.3, 0.4) is 0 Å². The van der Waals surface area contributed by atoms with Crippen LogP contribution in [0.2, 0.25) is 0 Å². The minimum absolute atomic E-state index is 0.0946. The molecule has 1 atom stereocenters. The van der Waals surface area contributed by atoms with Crippen LogP contribution in [0.1, 0.15) is 36.0 Å². The Morgan fingerprint density at radius 3 is 2.68 bits per heavy atom. The van der Waals surface area contributed by atoms with Gasteiger partial charge in [-0.15, -0.1) is 0 Å². The van der Waals surface area contributed by atoms with E-state index in [1.54, 1.807) is 4.90 Å². The normalized spacial score (nSPS) is 24.3. The number of aliphatic hydroxyl groups excluding tert-OH is 1. The first kappa shape index (κ1) is 15.2. The number of aromatic nitrogens is 2. The van der Waals surface area contributed by atoms with E-state index in [0.29, 0.717) is 38.1 Å². The summed E-state index contributed by atoms with van der Waals surface area (Å²) in [4.78, 5) is 22.1. The Hall–Kier alpha value is -1.73. The molecule has 3 heterocycles. The van der Waals surface area contributed by atoms with E-state index in [1.807, 2.05) is 0 Å². The van der Waals surface area contributed by atoms with Crippen molar-refractivity contribution < 1.29 is 19.4 Å². The summed E-state index contributed by atoms with van der Waals surface area (Å²) in [6, 6.07) is 0.243. The van der Waals surface area contributed by atoms with Gasteiger partial charge in [-0.1, -0.05) is 0 Å². The SMILES string of the molecule is COc1ncc(C(=O)N2CCC3(CC2)OCCC[C@H]3O)cn1. The molecule has 1 amide bonds. The van der Waals surface area contributed by atoms with E-state index < -0.39 is 11.7 Å². The van der Waals surface area contributed by atoms with Crippen molar-refractivity contribution in [2.24, 2.45) is 0 Å². The topological polar surface area (TPSA) is 84.8 Å². The summed E-state index contributed by atoms with van der Waals surface area (Å²) in [7, 11) is 1.48. The highest BCUT2D eigenvalue weighted by molar-refractivity contribution is 5.93. The molecule has 120 valence electrons. The van der Waals surface area contributed by atoms with Crippen molar-refractivity contribution >= 4 is 5.91 Å². The summed E-state index contributed by atoms with van der Waals surface area (Å²) in [5.41, 5.74) is -0.0207. The molecule has 2 aliphatic heterocycles. The average molecular weight is 307 g/mol. The lowest BCUT2D eigenvalue weighted by molar-refractivity contribution is -0.174. The number of rotatable bonds is 2. The number of hydrogen-bond acceptors (Lipinski definition) is 6. The van der Waals surface area contributed by atoms with Crippen molar-refractivity contribution in [2.75, 3.05) is 26.8 Å². The zero-order valence-corrected chi connectivity index (χ0v) is 12.7. The van der Waals surface area contributed by atoms with Crippen LogP contribution in [0.4, 0.5) is 0 Å². The van der Waals surface area contributed by atoms with Crippen LogP contribution >= 0.6 is 0 Å². The number of carbonyl (C=O) groups excluding carboxylic acids is 1. The quantitative estimate of drug-likeness (QED) is 0.863. The van der Waals surface area contributed by atoms with E-state index in [-0.39, 0.29) is 11.9 Å². The number of methoxy groups -OCH3 is 1. The van der Waals surface area contributed by atoms with Crippen LogP contribution in [0.25, 0.3) is 0 Å². The van der Waals surface area contributed by atoms with Crippen LogP contribution in [0.15, 0.2) is 12.4 Å². The third-order valence-corrected chi connectivity index (χ3v) is 4.57. The number of carbonyl (C=O) groups is 1. The van der Waals surface area contributed by atoms with Gasteiger partial charge in [0.15, 0.2) is 0 Å². The van der Waals surface area contributed by atoms with Crippen molar-refractivity contribution in [3.8, 4) is 6.01 Å². The van der Waals surface area contributed by atoms with Crippen molar-refractivity contribution in [2.45, 2.75) is 37.4 Å². The lowest BCUT2D eigenvalue weighted by Crippen LogP contribution is -2.56. The largest absolute Gasteiger partial charge is 0.467 e. The van der Waals surface area contributed by atoms with E-state index in [2.05, 4.69) is 9.97 Å². The average Bonchev–Trinajstić information content (AvgIpc) is 2.58. The molecule has 0 aliphatic carbocycles. The maximum absolute atomic E-state index is 12.5. The molecule has 1 N–H and O–H groups in total. The first-order chi connectivity index (χ1) is 10.6. The molecule has 1 spiro atoms. The van der Waals surface area contributed by atoms with E-state index in [9.17, 15) is 9.90 Å². The van der Waals surface area contributed by atoms with Gasteiger partial charge in [-0.2, -0.15) is 0 Å². The number of aliphatic hydroxyl groups is 1. The molecule has 3 rings (SSSR count). The molecule has 0 aromatic carbocycles. The molecule has 0 radical (unpaired) electrons. The summed E-state index contributed by atoms with van der Waals surface area (Å²) in [6.45, 7) is 1.83. The Bertz CT molecular complexity index is 526. The van der Waals surface area contributed by atoms with E-state index >= 15 is 0 Å². The number of nitrogens with zero attached hydrogens (tertiary/aromatic N) is 3. The van der Waals surface area contributed by atoms with Gasteiger partial charge in [-0.05, 0) is 25.7 Å². The molecule has 22 heavy (non-hydrogen) atoms. The minimum atomic E-state index is -0.467. The summed E-state index contributed by atoms with van der Waals surface area (Å²) < 4.78 is 10.7. The first-order valence-corrected chi connectivity index (χ1v) is 7.62. The Labute approximate surface area is 129 Å². The predicted octanol–water partition coefficient (Wildman–Crippen LogP) is 0.631. The third kappa shape index (κ3) is 2.78. The predicted molar refractivity (Wildman–Crippen MR) is 77.6 cm³/mol. The van der Waals surface area contributed by atoms with E-state index in [1.165, 1.54) is 19.5 Å². The Kier molecular flexibility index (Phi) is 4.26. The Balaban J connectivity index is 1.64. The fraction of sp³-hybridized carbons (Fsp3) is 0.667. The van der Waals surface area contributed by atoms with Crippen molar-refractivity contribution in [3.63, 3.8) is 0 Å². The van der Waals surface area contributed by atoms with Crippen LogP contribution in [-0.4, -0.2) is 64.4 Å². The highest BCUT2D eigenvalue weighted by Gasteiger charge is 2.44. The van der Waals surface area contributed by atoms with Gasteiger partial charge in [0, 0.05) is 32.1 Å². The smallest absolute Gasteiger partial charge is 0.316 e. The summed E-state index contributed by atoms with van der Waals surface area (Å²) in [6.07, 6.45) is 5.53. The van der Waals surface area contributed by atoms with Crippen LogP contribution in [0, 0.1) is 0 Å². The zero-order chi connectivity index (χ0) is 15.6. The standard InChI is InChI=1S/C15H21N3O4/c1-21-14-16-9-11(10-17-14)13(20)18-6-4-15(5-7-18)12(19)3-2-8-22-15/h9-10,12,19H,2-8H2,1H3/t12-/m1/s1. The molecule has 2 aliphatic rings. The number of amides is 1. The summed E-state index contributed by atoms with van der Waals surface area (Å²) >= 11 is 0. The van der Waals surface area contributed by atoms with Gasteiger partial charge in [0.1, 0.15) is 0 Å². The molecular weight excluding hydrogens is 286 g/mol. The minimum Gasteiger partial charge on any atom is -0.467 e. The van der Waals surface area contributed by atoms with Crippen LogP contribution in [0.5, 0.6) is 6.01 Å². The van der Waals surface area contributed by atoms with Gasteiger partial charge in [0.25, 0.3) is 5.91 Å². The molecule has 7 heteroatoms. The second-order valence-corrected chi connectivity index (χ2v) is 5.82. The van der Waals surface area contributed by atoms with Crippen LogP contribution in [-0.2, 0) is 4.74 Å². The van der Waals surface area contributed by atoms with Gasteiger partial charge >= 0.3 is 6.01 Å². The maximum Gasteiger partial charge on any atom is 0.316 e. The maximum atomic E-state index is 12.5. The molecule has 1 aromatic rings. The zero-order valence-electron chi connectivity index (χ0n) is 12.7. The van der Waals surface area contributed by atoms with Gasteiger partial charge < -0.3 is 19.5 Å². The lowest BCUT2D eigenvalue weighted by Gasteiger charge is -2.46. The fourth-order valence-corrected chi connectivity index (χ4v) is 3.19. The molecule has 1 aromatic heterocycles. The third-order valence-electron chi connectivity index (χ3n) is 4.57. The number of likely N-dealkylation sites (tertiary alicyclic amines) is 1. The molecule has 2 saturated heterocycles. The summed E-state index contributed by atoms with van der Waals surface area (Å²) in [5, 5.41) is 10.2. The second kappa shape index (κ2) is 6.18. The number of piperidine rings is 1. The van der Waals surface area contributed by atoms with Gasteiger partial charge in [0.2, 0.25) is 0 Å². The van der Waals surface area contributed by atoms with Gasteiger partial charge in [-0.25, -0.2) is 9.97 Å². The molecule has 2 fully saturated rings. The Morgan fingerprint density at radius 1 is 1.41 bits per heavy atom. The van der Waals surface area contributed by atoms with Crippen LogP contribution < -0.4 is 4.74 Å². The molecule has 0 unspecified atom stereocenters. The van der Waals surface area contributed by atoms with E-state index in [0.717, 1.165) is 12.8 Å². The molecule has 7 nitrogen and oxygen atoms in total. The lowest BCUT2D eigenvalue weighted by atomic mass is 9.82. The van der Waals surface area contributed by atoms with Gasteiger partial charge in [-0.3, -0.25) is 4.79 Å². The molecular formula is C15H21N3O4. The first-order valence-electron chi connectivity index (χ1n) is 7.62. The monoisotopic (exact) mass is 307 g/mol. The molecule has 0 saturated carbocycles. The summed E-state index contributed by atoms with van der Waals surface area (Å²) in [5.74, 6) is -0.0946. The highest BCUT2D eigenvalue weighted by Crippen LogP contribution is 2.35. The fourth-order valence-electron chi connectivity index (χ4n) is 3.19. The van der Waals surface area contributed by atoms with E-state index in [4.69, 9.17) is 9.47 Å². The second-order valence-electron chi connectivity index (χ2n) is 5.82. The van der Waals surface area contributed by atoms with Crippen molar-refractivity contribution in [1.82, 2.24) is 14.9 Å². The van der Waals surface area contributed by atoms with Crippen molar-refractivity contribution in [3.05, 3.63) is 18.0 Å². The molecule has 0 bridgehead atoms. The van der Waals surface area contributed by atoms with Crippen molar-refractivity contribution in [1.29, 1.82) is 0 Å². The van der Waals surface area contributed by atoms with Gasteiger partial charge in [0.05, 0.1) is 24.4 Å². The number of ether oxygens (including phenoxy) is 2. The number of hydrogen-bond donors (Lipinski definition) is 1. The highest BCUT2D eigenvalue weighted by atomic mass is 16.5. The Morgan fingerprint density at radius 2 is 2.09 bits per heavy atom.